The van der Waals surface area contributed by atoms with Gasteiger partial charge in [0.05, 0.1) is 13.7 Å². The molecule has 1 saturated heterocycles. The maximum Gasteiger partial charge on any atom is 0.191 e. The zero-order chi connectivity index (χ0) is 19.1. The van der Waals surface area contributed by atoms with Gasteiger partial charge in [-0.2, -0.15) is 0 Å². The fourth-order valence-corrected chi connectivity index (χ4v) is 3.99. The number of rotatable bonds is 6. The molecule has 0 atom stereocenters. The molecule has 2 N–H and O–H groups in total. The maximum absolute atomic E-state index is 5.71. The third-order valence-corrected chi connectivity index (χ3v) is 5.61. The maximum atomic E-state index is 5.71. The number of nitrogens with zero attached hydrogens (tertiary/aromatic N) is 1. The van der Waals surface area contributed by atoms with Crippen molar-refractivity contribution in [1.82, 2.24) is 10.6 Å². The van der Waals surface area contributed by atoms with E-state index in [1.807, 2.05) is 0 Å². The lowest BCUT2D eigenvalue weighted by atomic mass is 9.73. The molecule has 1 aliphatic heterocycles. The van der Waals surface area contributed by atoms with E-state index < -0.39 is 0 Å². The lowest BCUT2D eigenvalue weighted by Crippen LogP contribution is -2.44. The quantitative estimate of drug-likeness (QED) is 0.270. The first-order valence-electron chi connectivity index (χ1n) is 10.1. The van der Waals surface area contributed by atoms with Gasteiger partial charge in [-0.3, -0.25) is 4.99 Å². The molecule has 0 amide bonds. The number of guanidine groups is 1. The Morgan fingerprint density at radius 3 is 2.61 bits per heavy atom. The van der Waals surface area contributed by atoms with Crippen LogP contribution in [-0.2, 0) is 10.2 Å². The van der Waals surface area contributed by atoms with Crippen molar-refractivity contribution in [2.24, 2.45) is 4.99 Å². The van der Waals surface area contributed by atoms with E-state index in [0.717, 1.165) is 63.7 Å². The summed E-state index contributed by atoms with van der Waals surface area (Å²) in [6, 6.07) is 6.90. The lowest BCUT2D eigenvalue weighted by molar-refractivity contribution is 0.0522. The highest BCUT2D eigenvalue weighted by Crippen LogP contribution is 2.40. The van der Waals surface area contributed by atoms with E-state index in [9.17, 15) is 0 Å². The second-order valence-corrected chi connectivity index (χ2v) is 7.58. The second-order valence-electron chi connectivity index (χ2n) is 7.58. The monoisotopic (exact) mass is 499 g/mol. The average Bonchev–Trinajstić information content (AvgIpc) is 3.20. The molecule has 1 heterocycles. The zero-order valence-corrected chi connectivity index (χ0v) is 19.6. The van der Waals surface area contributed by atoms with Gasteiger partial charge in [-0.25, -0.2) is 0 Å². The van der Waals surface area contributed by atoms with Crippen LogP contribution in [-0.4, -0.2) is 45.4 Å². The molecule has 0 spiro atoms. The summed E-state index contributed by atoms with van der Waals surface area (Å²) in [6.07, 6.45) is 8.52. The molecule has 2 aliphatic rings. The Bertz CT molecular complexity index is 676. The Labute approximate surface area is 186 Å². The smallest absolute Gasteiger partial charge is 0.191 e. The van der Waals surface area contributed by atoms with Crippen LogP contribution < -0.4 is 15.4 Å². The standard InChI is InChI=1S/C22H33N3O2.HI/c1-4-23-21(25-18-7-5-6-8-18)24-16-22(11-13-27-14-12-22)19-15-17(2)9-10-20(19)26-3;/h5-6,9-10,15,18H,4,7-8,11-14,16H2,1-3H3,(H2,23,24,25);1H. The predicted octanol–water partition coefficient (Wildman–Crippen LogP) is 3.94. The fraction of sp³-hybridized carbons (Fsp3) is 0.591. The van der Waals surface area contributed by atoms with Crippen molar-refractivity contribution < 1.29 is 9.47 Å². The Balaban J connectivity index is 0.00000280. The molecule has 0 saturated carbocycles. The third kappa shape index (κ3) is 5.63. The van der Waals surface area contributed by atoms with Crippen molar-refractivity contribution in [1.29, 1.82) is 0 Å². The third-order valence-electron chi connectivity index (χ3n) is 5.61. The normalized spacial score (nSPS) is 19.2. The van der Waals surface area contributed by atoms with Gasteiger partial charge in [-0.1, -0.05) is 29.8 Å². The van der Waals surface area contributed by atoms with Crippen molar-refractivity contribution in [3.8, 4) is 5.75 Å². The van der Waals surface area contributed by atoms with E-state index >= 15 is 0 Å². The molecule has 28 heavy (non-hydrogen) atoms. The van der Waals surface area contributed by atoms with Gasteiger partial charge in [0.25, 0.3) is 0 Å². The molecule has 0 unspecified atom stereocenters. The highest BCUT2D eigenvalue weighted by Gasteiger charge is 2.37. The van der Waals surface area contributed by atoms with Crippen LogP contribution in [0.2, 0.25) is 0 Å². The Morgan fingerprint density at radius 2 is 1.96 bits per heavy atom. The molecule has 6 heteroatoms. The molecule has 1 fully saturated rings. The molecule has 0 radical (unpaired) electrons. The van der Waals surface area contributed by atoms with E-state index in [2.05, 4.69) is 54.8 Å². The molecule has 1 aromatic carbocycles. The minimum Gasteiger partial charge on any atom is -0.496 e. The molecule has 5 nitrogen and oxygen atoms in total. The summed E-state index contributed by atoms with van der Waals surface area (Å²) in [4.78, 5) is 5.01. The molecular weight excluding hydrogens is 465 g/mol. The van der Waals surface area contributed by atoms with Crippen molar-refractivity contribution in [3.63, 3.8) is 0 Å². The molecule has 1 aliphatic carbocycles. The fourth-order valence-electron chi connectivity index (χ4n) is 3.99. The molecule has 3 rings (SSSR count). The largest absolute Gasteiger partial charge is 0.496 e. The number of ether oxygens (including phenoxy) is 2. The lowest BCUT2D eigenvalue weighted by Gasteiger charge is -2.37. The van der Waals surface area contributed by atoms with Crippen LogP contribution in [0, 0.1) is 6.92 Å². The Kier molecular flexibility index (Phi) is 9.08. The van der Waals surface area contributed by atoms with Gasteiger partial charge < -0.3 is 20.1 Å². The average molecular weight is 499 g/mol. The van der Waals surface area contributed by atoms with Crippen molar-refractivity contribution >= 4 is 29.9 Å². The number of halogens is 1. The van der Waals surface area contributed by atoms with Crippen LogP contribution in [0.15, 0.2) is 35.3 Å². The summed E-state index contributed by atoms with van der Waals surface area (Å²) in [5, 5.41) is 6.99. The highest BCUT2D eigenvalue weighted by molar-refractivity contribution is 14.0. The minimum absolute atomic E-state index is 0. The second kappa shape index (κ2) is 11.0. The molecule has 0 aromatic heterocycles. The van der Waals surface area contributed by atoms with Crippen molar-refractivity contribution in [2.75, 3.05) is 33.4 Å². The first-order valence-corrected chi connectivity index (χ1v) is 10.1. The number of hydrogen-bond donors (Lipinski definition) is 2. The van der Waals surface area contributed by atoms with Gasteiger partial charge in [0.1, 0.15) is 5.75 Å². The van der Waals surface area contributed by atoms with Gasteiger partial charge in [-0.15, -0.1) is 24.0 Å². The molecule has 1 aromatic rings. The number of hydrogen-bond acceptors (Lipinski definition) is 3. The van der Waals surface area contributed by atoms with Gasteiger partial charge >= 0.3 is 0 Å². The predicted molar refractivity (Wildman–Crippen MR) is 126 cm³/mol. The van der Waals surface area contributed by atoms with Crippen LogP contribution >= 0.6 is 24.0 Å². The van der Waals surface area contributed by atoms with Crippen LogP contribution in [0.4, 0.5) is 0 Å². The van der Waals surface area contributed by atoms with E-state index in [0.29, 0.717) is 6.04 Å². The van der Waals surface area contributed by atoms with Gasteiger partial charge in [0.2, 0.25) is 0 Å². The summed E-state index contributed by atoms with van der Waals surface area (Å²) in [5.41, 5.74) is 2.46. The van der Waals surface area contributed by atoms with E-state index in [1.54, 1.807) is 7.11 Å². The zero-order valence-electron chi connectivity index (χ0n) is 17.3. The number of aryl methyl sites for hydroxylation is 1. The summed E-state index contributed by atoms with van der Waals surface area (Å²) in [5.74, 6) is 1.86. The minimum atomic E-state index is -0.0497. The van der Waals surface area contributed by atoms with Crippen LogP contribution in [0.1, 0.15) is 43.7 Å². The van der Waals surface area contributed by atoms with Gasteiger partial charge in [0, 0.05) is 36.8 Å². The van der Waals surface area contributed by atoms with E-state index in [1.165, 1.54) is 11.1 Å². The molecular formula is C22H34IN3O2. The summed E-state index contributed by atoms with van der Waals surface area (Å²) < 4.78 is 11.4. The molecule has 156 valence electrons. The summed E-state index contributed by atoms with van der Waals surface area (Å²) in [6.45, 7) is 7.36. The summed E-state index contributed by atoms with van der Waals surface area (Å²) >= 11 is 0. The number of aliphatic imine (C=N–C) groups is 1. The van der Waals surface area contributed by atoms with Gasteiger partial charge in [0.15, 0.2) is 5.96 Å². The van der Waals surface area contributed by atoms with Crippen LogP contribution in [0.25, 0.3) is 0 Å². The van der Waals surface area contributed by atoms with Crippen LogP contribution in [0.3, 0.4) is 0 Å². The number of benzene rings is 1. The first kappa shape index (κ1) is 23.0. The topological polar surface area (TPSA) is 54.9 Å². The number of nitrogens with one attached hydrogen (secondary N) is 2. The van der Waals surface area contributed by atoms with E-state index in [4.69, 9.17) is 14.5 Å². The Hall–Kier alpha value is -1.28. The van der Waals surface area contributed by atoms with Gasteiger partial charge in [-0.05, 0) is 45.6 Å². The van der Waals surface area contributed by atoms with Crippen LogP contribution in [0.5, 0.6) is 5.75 Å². The van der Waals surface area contributed by atoms with Crippen molar-refractivity contribution in [2.45, 2.75) is 51.0 Å². The first-order chi connectivity index (χ1) is 13.2. The van der Waals surface area contributed by atoms with E-state index in [-0.39, 0.29) is 29.4 Å². The highest BCUT2D eigenvalue weighted by atomic mass is 127. The number of methoxy groups -OCH3 is 1. The SMILES string of the molecule is CCNC(=NCC1(c2cc(C)ccc2OC)CCOCC1)NC1CC=CC1.I. The van der Waals surface area contributed by atoms with Crippen molar-refractivity contribution in [3.05, 3.63) is 41.5 Å². The molecule has 0 bridgehead atoms. The Morgan fingerprint density at radius 1 is 1.25 bits per heavy atom. The summed E-state index contributed by atoms with van der Waals surface area (Å²) in [7, 11) is 1.75.